The van der Waals surface area contributed by atoms with E-state index >= 15 is 0 Å². The molecule has 1 fully saturated rings. The zero-order valence-corrected chi connectivity index (χ0v) is 15.7. The first-order valence-corrected chi connectivity index (χ1v) is 9.11. The van der Waals surface area contributed by atoms with Crippen LogP contribution in [0.1, 0.15) is 12.0 Å². The lowest BCUT2D eigenvalue weighted by molar-refractivity contribution is -0.147. The molecule has 0 saturated carbocycles. The number of hydrogen-bond acceptors (Lipinski definition) is 4. The number of aliphatic hydroxyl groups excluding tert-OH is 1. The highest BCUT2D eigenvalue weighted by Crippen LogP contribution is 2.34. The van der Waals surface area contributed by atoms with Crippen molar-refractivity contribution in [2.45, 2.75) is 25.0 Å². The predicted molar refractivity (Wildman–Crippen MR) is 104 cm³/mol. The van der Waals surface area contributed by atoms with Crippen molar-refractivity contribution >= 4 is 46.5 Å². The van der Waals surface area contributed by atoms with Gasteiger partial charge in [-0.05, 0) is 23.8 Å². The minimum Gasteiger partial charge on any atom is -0.480 e. The SMILES string of the molecule is O=C(O)[C@@H]1C[C@@H](O)CN1C(=O)Cc1ccccc1Nc1c(Cl)cccc1Cl. The van der Waals surface area contributed by atoms with Crippen molar-refractivity contribution in [3.8, 4) is 0 Å². The third-order valence-electron chi connectivity index (χ3n) is 4.47. The Hall–Kier alpha value is -2.28. The Kier molecular flexibility index (Phi) is 5.89. The van der Waals surface area contributed by atoms with Gasteiger partial charge in [-0.1, -0.05) is 47.5 Å². The van der Waals surface area contributed by atoms with Crippen LogP contribution in [-0.2, 0) is 16.0 Å². The van der Waals surface area contributed by atoms with E-state index in [4.69, 9.17) is 23.2 Å². The Labute approximate surface area is 166 Å². The molecule has 0 aromatic heterocycles. The quantitative estimate of drug-likeness (QED) is 0.705. The monoisotopic (exact) mass is 408 g/mol. The van der Waals surface area contributed by atoms with Gasteiger partial charge in [0.15, 0.2) is 0 Å². The molecular weight excluding hydrogens is 391 g/mol. The van der Waals surface area contributed by atoms with Crippen LogP contribution in [0.2, 0.25) is 10.0 Å². The van der Waals surface area contributed by atoms with Crippen LogP contribution in [-0.4, -0.2) is 45.7 Å². The average molecular weight is 409 g/mol. The van der Waals surface area contributed by atoms with Crippen LogP contribution >= 0.6 is 23.2 Å². The Balaban J connectivity index is 1.82. The molecule has 0 spiro atoms. The number of carboxylic acids is 1. The molecule has 0 radical (unpaired) electrons. The van der Waals surface area contributed by atoms with Gasteiger partial charge in [-0.3, -0.25) is 4.79 Å². The van der Waals surface area contributed by atoms with Crippen LogP contribution in [0, 0.1) is 0 Å². The number of amides is 1. The highest BCUT2D eigenvalue weighted by molar-refractivity contribution is 6.39. The van der Waals surface area contributed by atoms with Gasteiger partial charge in [0.2, 0.25) is 5.91 Å². The smallest absolute Gasteiger partial charge is 0.326 e. The molecular formula is C19H18Cl2N2O4. The predicted octanol–water partition coefficient (Wildman–Crippen LogP) is 3.33. The van der Waals surface area contributed by atoms with Crippen LogP contribution in [0.3, 0.4) is 0 Å². The molecule has 27 heavy (non-hydrogen) atoms. The molecule has 2 aromatic carbocycles. The van der Waals surface area contributed by atoms with Gasteiger partial charge in [-0.15, -0.1) is 0 Å². The summed E-state index contributed by atoms with van der Waals surface area (Å²) in [5, 5.41) is 23.1. The number of aliphatic hydroxyl groups is 1. The minimum atomic E-state index is -1.12. The number of nitrogens with one attached hydrogen (secondary N) is 1. The molecule has 1 aliphatic rings. The van der Waals surface area contributed by atoms with Crippen molar-refractivity contribution < 1.29 is 19.8 Å². The average Bonchev–Trinajstić information content (AvgIpc) is 3.02. The van der Waals surface area contributed by atoms with Crippen LogP contribution in [0.15, 0.2) is 42.5 Å². The molecule has 2 atom stereocenters. The van der Waals surface area contributed by atoms with Crippen molar-refractivity contribution in [2.75, 3.05) is 11.9 Å². The maximum absolute atomic E-state index is 12.7. The number of carbonyl (C=O) groups excluding carboxylic acids is 1. The summed E-state index contributed by atoms with van der Waals surface area (Å²) in [5.41, 5.74) is 1.84. The number of benzene rings is 2. The first-order valence-electron chi connectivity index (χ1n) is 8.36. The standard InChI is InChI=1S/C19H18Cl2N2O4/c20-13-5-3-6-14(21)18(13)22-15-7-2-1-4-11(15)8-17(25)23-10-12(24)9-16(23)19(26)27/h1-7,12,16,22,24H,8-10H2,(H,26,27)/t12-,16+/m1/s1. The Bertz CT molecular complexity index is 854. The molecule has 8 heteroatoms. The zero-order chi connectivity index (χ0) is 19.6. The summed E-state index contributed by atoms with van der Waals surface area (Å²) < 4.78 is 0. The number of hydrogen-bond donors (Lipinski definition) is 3. The third kappa shape index (κ3) is 4.35. The van der Waals surface area contributed by atoms with Gasteiger partial charge in [0.25, 0.3) is 0 Å². The summed E-state index contributed by atoms with van der Waals surface area (Å²) in [4.78, 5) is 25.3. The van der Waals surface area contributed by atoms with Crippen molar-refractivity contribution in [3.63, 3.8) is 0 Å². The van der Waals surface area contributed by atoms with Crippen molar-refractivity contribution in [3.05, 3.63) is 58.1 Å². The van der Waals surface area contributed by atoms with E-state index in [-0.39, 0.29) is 25.3 Å². The first-order chi connectivity index (χ1) is 12.9. The topological polar surface area (TPSA) is 89.9 Å². The Morgan fingerprint density at radius 1 is 1.11 bits per heavy atom. The van der Waals surface area contributed by atoms with E-state index in [2.05, 4.69) is 5.32 Å². The fourth-order valence-electron chi connectivity index (χ4n) is 3.14. The molecule has 1 heterocycles. The molecule has 0 bridgehead atoms. The fourth-order valence-corrected chi connectivity index (χ4v) is 3.63. The number of anilines is 2. The van der Waals surface area contributed by atoms with Gasteiger partial charge in [0, 0.05) is 18.7 Å². The van der Waals surface area contributed by atoms with Crippen molar-refractivity contribution in [2.24, 2.45) is 0 Å². The molecule has 3 rings (SSSR count). The lowest BCUT2D eigenvalue weighted by Gasteiger charge is -2.22. The number of carboxylic acid groups (broad SMARTS) is 1. The minimum absolute atomic E-state index is 0.0122. The second kappa shape index (κ2) is 8.17. The summed E-state index contributed by atoms with van der Waals surface area (Å²) in [5.74, 6) is -1.48. The molecule has 142 valence electrons. The van der Waals surface area contributed by atoms with Gasteiger partial charge >= 0.3 is 5.97 Å². The number of para-hydroxylation sites is 2. The second-order valence-corrected chi connectivity index (χ2v) is 7.16. The normalized spacial score (nSPS) is 19.1. The molecule has 1 saturated heterocycles. The lowest BCUT2D eigenvalue weighted by Crippen LogP contribution is -2.41. The fraction of sp³-hybridized carbons (Fsp3) is 0.263. The molecule has 2 aromatic rings. The van der Waals surface area contributed by atoms with Crippen LogP contribution in [0.5, 0.6) is 0 Å². The molecule has 3 N–H and O–H groups in total. The van der Waals surface area contributed by atoms with Crippen LogP contribution in [0.25, 0.3) is 0 Å². The number of nitrogens with zero attached hydrogens (tertiary/aromatic N) is 1. The van der Waals surface area contributed by atoms with Crippen molar-refractivity contribution in [1.82, 2.24) is 4.90 Å². The maximum atomic E-state index is 12.7. The third-order valence-corrected chi connectivity index (χ3v) is 5.10. The van der Waals surface area contributed by atoms with Gasteiger partial charge in [-0.2, -0.15) is 0 Å². The number of carbonyl (C=O) groups is 2. The molecule has 0 unspecified atom stereocenters. The van der Waals surface area contributed by atoms with Gasteiger partial charge in [0.1, 0.15) is 6.04 Å². The number of likely N-dealkylation sites (tertiary alicyclic amines) is 1. The zero-order valence-electron chi connectivity index (χ0n) is 14.2. The van der Waals surface area contributed by atoms with Gasteiger partial charge in [0.05, 0.1) is 28.3 Å². The Morgan fingerprint density at radius 3 is 2.44 bits per heavy atom. The summed E-state index contributed by atoms with van der Waals surface area (Å²) in [6.07, 6.45) is -0.803. The molecule has 1 aliphatic heterocycles. The highest BCUT2D eigenvalue weighted by Gasteiger charge is 2.38. The van der Waals surface area contributed by atoms with E-state index in [0.29, 0.717) is 27.0 Å². The Morgan fingerprint density at radius 2 is 1.78 bits per heavy atom. The van der Waals surface area contributed by atoms with Crippen LogP contribution < -0.4 is 5.32 Å². The number of aliphatic carboxylic acids is 1. The van der Waals surface area contributed by atoms with Gasteiger partial charge in [-0.25, -0.2) is 4.79 Å². The molecule has 0 aliphatic carbocycles. The summed E-state index contributed by atoms with van der Waals surface area (Å²) in [7, 11) is 0. The highest BCUT2D eigenvalue weighted by atomic mass is 35.5. The van der Waals surface area contributed by atoms with Crippen molar-refractivity contribution in [1.29, 1.82) is 0 Å². The number of β-amino-alcohol motifs (C(OH)–C–C–N with tert-alkyl or cyclic N) is 1. The van der Waals surface area contributed by atoms with E-state index < -0.39 is 18.1 Å². The number of rotatable bonds is 5. The van der Waals surface area contributed by atoms with E-state index in [0.717, 1.165) is 0 Å². The first kappa shape index (κ1) is 19.5. The van der Waals surface area contributed by atoms with Crippen LogP contribution in [0.4, 0.5) is 11.4 Å². The van der Waals surface area contributed by atoms with E-state index in [1.54, 1.807) is 42.5 Å². The summed E-state index contributed by atoms with van der Waals surface area (Å²) >= 11 is 12.4. The van der Waals surface area contributed by atoms with E-state index in [1.807, 2.05) is 0 Å². The molecule has 6 nitrogen and oxygen atoms in total. The van der Waals surface area contributed by atoms with E-state index in [9.17, 15) is 19.8 Å². The largest absolute Gasteiger partial charge is 0.480 e. The van der Waals surface area contributed by atoms with E-state index in [1.165, 1.54) is 4.90 Å². The second-order valence-electron chi connectivity index (χ2n) is 6.35. The lowest BCUT2D eigenvalue weighted by atomic mass is 10.1. The number of halogens is 2. The van der Waals surface area contributed by atoms with Gasteiger partial charge < -0.3 is 20.4 Å². The maximum Gasteiger partial charge on any atom is 0.326 e. The summed E-state index contributed by atoms with van der Waals surface area (Å²) in [6.45, 7) is 0.0156. The summed E-state index contributed by atoms with van der Waals surface area (Å²) in [6, 6.07) is 11.3. The molecule has 1 amide bonds.